The third-order valence-electron chi connectivity index (χ3n) is 2.55. The van der Waals surface area contributed by atoms with Crippen LogP contribution in [-0.4, -0.2) is 42.1 Å². The summed E-state index contributed by atoms with van der Waals surface area (Å²) >= 11 is 1.42. The molecule has 18 heavy (non-hydrogen) atoms. The Morgan fingerprint density at radius 3 is 2.67 bits per heavy atom. The summed E-state index contributed by atoms with van der Waals surface area (Å²) in [5.41, 5.74) is 6.22. The molecule has 1 aromatic heterocycles. The van der Waals surface area contributed by atoms with E-state index in [1.807, 2.05) is 20.8 Å². The number of methoxy groups -OCH3 is 1. The molecule has 0 bridgehead atoms. The van der Waals surface area contributed by atoms with E-state index in [0.717, 1.165) is 5.01 Å². The number of nitrogens with zero attached hydrogens (tertiary/aromatic N) is 2. The first kappa shape index (κ1) is 15.1. The van der Waals surface area contributed by atoms with Crippen LogP contribution in [0.3, 0.4) is 0 Å². The second-order valence-corrected chi connectivity index (χ2v) is 5.33. The van der Waals surface area contributed by atoms with E-state index < -0.39 is 0 Å². The number of hydrogen-bond donors (Lipinski definition) is 1. The van der Waals surface area contributed by atoms with Crippen LogP contribution >= 0.6 is 11.3 Å². The molecule has 0 fully saturated rings. The molecule has 102 valence electrons. The molecule has 1 atom stereocenters. The van der Waals surface area contributed by atoms with Crippen molar-refractivity contribution in [3.63, 3.8) is 0 Å². The van der Waals surface area contributed by atoms with Gasteiger partial charge in [-0.2, -0.15) is 0 Å². The maximum Gasteiger partial charge on any atom is 0.273 e. The van der Waals surface area contributed by atoms with Crippen LogP contribution in [0.4, 0.5) is 0 Å². The minimum atomic E-state index is -0.136. The van der Waals surface area contributed by atoms with Gasteiger partial charge in [0.25, 0.3) is 5.91 Å². The monoisotopic (exact) mass is 271 g/mol. The number of ether oxygens (including phenoxy) is 1. The van der Waals surface area contributed by atoms with E-state index in [-0.39, 0.29) is 18.0 Å². The number of aromatic nitrogens is 1. The molecule has 1 aromatic rings. The highest BCUT2D eigenvalue weighted by Gasteiger charge is 2.21. The van der Waals surface area contributed by atoms with Crippen LogP contribution in [0.15, 0.2) is 5.38 Å². The van der Waals surface area contributed by atoms with Gasteiger partial charge in [-0.05, 0) is 20.8 Å². The largest absolute Gasteiger partial charge is 0.383 e. The van der Waals surface area contributed by atoms with Crippen LogP contribution in [-0.2, 0) is 4.74 Å². The van der Waals surface area contributed by atoms with Gasteiger partial charge in [0.05, 0.1) is 12.6 Å². The quantitative estimate of drug-likeness (QED) is 0.854. The molecule has 2 N–H and O–H groups in total. The molecule has 1 rings (SSSR count). The molecule has 0 saturated heterocycles. The van der Waals surface area contributed by atoms with Crippen molar-refractivity contribution in [1.82, 2.24) is 9.88 Å². The lowest BCUT2D eigenvalue weighted by Gasteiger charge is -2.25. The predicted molar refractivity (Wildman–Crippen MR) is 72.8 cm³/mol. The van der Waals surface area contributed by atoms with Gasteiger partial charge in [0, 0.05) is 25.1 Å². The Kier molecular flexibility index (Phi) is 5.71. The molecular formula is C12H21N3O2S. The first-order valence-electron chi connectivity index (χ1n) is 5.98. The van der Waals surface area contributed by atoms with E-state index in [9.17, 15) is 4.79 Å². The molecule has 0 aromatic carbocycles. The fourth-order valence-corrected chi connectivity index (χ4v) is 2.28. The van der Waals surface area contributed by atoms with Gasteiger partial charge in [-0.15, -0.1) is 11.3 Å². The second kappa shape index (κ2) is 6.82. The van der Waals surface area contributed by atoms with Crippen LogP contribution in [0.1, 0.15) is 42.3 Å². The van der Waals surface area contributed by atoms with Gasteiger partial charge in [-0.25, -0.2) is 4.98 Å². The van der Waals surface area contributed by atoms with Crippen molar-refractivity contribution in [2.45, 2.75) is 32.9 Å². The number of hydrogen-bond acceptors (Lipinski definition) is 5. The van der Waals surface area contributed by atoms with Crippen molar-refractivity contribution in [1.29, 1.82) is 0 Å². The Morgan fingerprint density at radius 2 is 2.22 bits per heavy atom. The van der Waals surface area contributed by atoms with E-state index in [2.05, 4.69) is 4.98 Å². The lowest BCUT2D eigenvalue weighted by Crippen LogP contribution is -2.39. The highest BCUT2D eigenvalue weighted by molar-refractivity contribution is 7.09. The average molecular weight is 271 g/mol. The minimum absolute atomic E-state index is 0.0646. The summed E-state index contributed by atoms with van der Waals surface area (Å²) in [5, 5.41) is 2.55. The summed E-state index contributed by atoms with van der Waals surface area (Å²) in [6.45, 7) is 6.91. The fourth-order valence-electron chi connectivity index (χ4n) is 1.53. The number of amides is 1. The van der Waals surface area contributed by atoms with Gasteiger partial charge in [-0.1, -0.05) is 0 Å². The van der Waals surface area contributed by atoms with Gasteiger partial charge in [0.1, 0.15) is 10.7 Å². The highest BCUT2D eigenvalue weighted by atomic mass is 32.1. The second-order valence-electron chi connectivity index (χ2n) is 4.44. The summed E-state index contributed by atoms with van der Waals surface area (Å²) in [4.78, 5) is 18.3. The van der Waals surface area contributed by atoms with Crippen LogP contribution in [0.2, 0.25) is 0 Å². The Labute approximate surface area is 112 Å². The van der Waals surface area contributed by atoms with Gasteiger partial charge in [-0.3, -0.25) is 4.79 Å². The number of thiazole rings is 1. The molecule has 0 aliphatic heterocycles. The molecule has 0 spiro atoms. The average Bonchev–Trinajstić information content (AvgIpc) is 2.78. The zero-order valence-electron chi connectivity index (χ0n) is 11.3. The maximum absolute atomic E-state index is 12.3. The molecule has 0 aliphatic carbocycles. The standard InChI is InChI=1S/C12H21N3O2S/c1-8(2)15(5-6-17-4)12(16)10-7-18-11(14-10)9(3)13/h7-9H,5-6,13H2,1-4H3. The zero-order chi connectivity index (χ0) is 13.7. The number of carbonyl (C=O) groups is 1. The van der Waals surface area contributed by atoms with Crippen LogP contribution in [0.25, 0.3) is 0 Å². The van der Waals surface area contributed by atoms with Crippen molar-refractivity contribution < 1.29 is 9.53 Å². The minimum Gasteiger partial charge on any atom is -0.383 e. The third kappa shape index (κ3) is 3.76. The first-order chi connectivity index (χ1) is 8.47. The van der Waals surface area contributed by atoms with Crippen molar-refractivity contribution in [3.8, 4) is 0 Å². The van der Waals surface area contributed by atoms with Crippen molar-refractivity contribution in [2.24, 2.45) is 5.73 Å². The number of nitrogens with two attached hydrogens (primary N) is 1. The lowest BCUT2D eigenvalue weighted by molar-refractivity contribution is 0.0629. The van der Waals surface area contributed by atoms with Gasteiger partial charge >= 0.3 is 0 Å². The van der Waals surface area contributed by atoms with Gasteiger partial charge < -0.3 is 15.4 Å². The molecular weight excluding hydrogens is 250 g/mol. The predicted octanol–water partition coefficient (Wildman–Crippen LogP) is 1.66. The summed E-state index contributed by atoms with van der Waals surface area (Å²) < 4.78 is 5.02. The SMILES string of the molecule is COCCN(C(=O)c1csc(C(C)N)n1)C(C)C. The number of rotatable bonds is 6. The van der Waals surface area contributed by atoms with E-state index in [4.69, 9.17) is 10.5 Å². The molecule has 1 amide bonds. The van der Waals surface area contributed by atoms with E-state index >= 15 is 0 Å². The Balaban J connectivity index is 2.81. The van der Waals surface area contributed by atoms with Crippen molar-refractivity contribution >= 4 is 17.2 Å². The summed E-state index contributed by atoms with van der Waals surface area (Å²) in [7, 11) is 1.63. The summed E-state index contributed by atoms with van der Waals surface area (Å²) in [6.07, 6.45) is 0. The Morgan fingerprint density at radius 1 is 1.56 bits per heavy atom. The van der Waals surface area contributed by atoms with E-state index in [1.165, 1.54) is 11.3 Å². The molecule has 1 unspecified atom stereocenters. The first-order valence-corrected chi connectivity index (χ1v) is 6.86. The topological polar surface area (TPSA) is 68.5 Å². The lowest BCUT2D eigenvalue weighted by atomic mass is 10.3. The van der Waals surface area contributed by atoms with Crippen LogP contribution in [0.5, 0.6) is 0 Å². The molecule has 6 heteroatoms. The molecule has 5 nitrogen and oxygen atoms in total. The maximum atomic E-state index is 12.3. The third-order valence-corrected chi connectivity index (χ3v) is 3.60. The van der Waals surface area contributed by atoms with Crippen molar-refractivity contribution in [3.05, 3.63) is 16.1 Å². The smallest absolute Gasteiger partial charge is 0.273 e. The highest BCUT2D eigenvalue weighted by Crippen LogP contribution is 2.17. The van der Waals surface area contributed by atoms with Gasteiger partial charge in [0.2, 0.25) is 0 Å². The summed E-state index contributed by atoms with van der Waals surface area (Å²) in [5.74, 6) is -0.0646. The number of carbonyl (C=O) groups excluding carboxylic acids is 1. The molecule has 1 heterocycles. The van der Waals surface area contributed by atoms with Gasteiger partial charge in [0.15, 0.2) is 0 Å². The fraction of sp³-hybridized carbons (Fsp3) is 0.667. The molecule has 0 aliphatic rings. The normalized spacial score (nSPS) is 12.8. The summed E-state index contributed by atoms with van der Waals surface area (Å²) in [6, 6.07) is -0.0175. The molecule has 0 saturated carbocycles. The van der Waals surface area contributed by atoms with Crippen LogP contribution < -0.4 is 5.73 Å². The van der Waals surface area contributed by atoms with Crippen LogP contribution in [0, 0.1) is 0 Å². The van der Waals surface area contributed by atoms with Crippen molar-refractivity contribution in [2.75, 3.05) is 20.3 Å². The van der Waals surface area contributed by atoms with E-state index in [0.29, 0.717) is 18.8 Å². The zero-order valence-corrected chi connectivity index (χ0v) is 12.2. The Bertz CT molecular complexity index is 390. The van der Waals surface area contributed by atoms with E-state index in [1.54, 1.807) is 17.4 Å². The Hall–Kier alpha value is -0.980. The molecule has 0 radical (unpaired) electrons.